The van der Waals surface area contributed by atoms with E-state index in [2.05, 4.69) is 9.97 Å². The highest BCUT2D eigenvalue weighted by atomic mass is 19.4. The van der Waals surface area contributed by atoms with Gasteiger partial charge in [-0.05, 0) is 54.5 Å². The number of ketones is 1. The first-order valence-corrected chi connectivity index (χ1v) is 9.65. The Kier molecular flexibility index (Phi) is 5.23. The Morgan fingerprint density at radius 2 is 2.00 bits per heavy atom. The highest BCUT2D eigenvalue weighted by Gasteiger charge is 2.44. The summed E-state index contributed by atoms with van der Waals surface area (Å²) in [5.74, 6) is -2.22. The minimum atomic E-state index is -4.30. The SMILES string of the molecule is Nc1oc2cccnc2c1C(=O)Cc1cnccc1[C@H]1C[C@@H](N)C[C@@H](C(F)(F)F)C1. The lowest BCUT2D eigenvalue weighted by Gasteiger charge is -2.35. The number of nitrogens with zero attached hydrogens (tertiary/aromatic N) is 2. The third-order valence-corrected chi connectivity index (χ3v) is 5.69. The van der Waals surface area contributed by atoms with Crippen molar-refractivity contribution in [2.75, 3.05) is 5.73 Å². The second-order valence-corrected chi connectivity index (χ2v) is 7.77. The maximum Gasteiger partial charge on any atom is 0.391 e. The average Bonchev–Trinajstić information content (AvgIpc) is 3.03. The Hall–Kier alpha value is -2.94. The normalized spacial score (nSPS) is 22.3. The summed E-state index contributed by atoms with van der Waals surface area (Å²) in [6.07, 6.45) is 0.497. The number of carbonyl (C=O) groups is 1. The van der Waals surface area contributed by atoms with Gasteiger partial charge in [0.25, 0.3) is 0 Å². The number of pyridine rings is 2. The van der Waals surface area contributed by atoms with Gasteiger partial charge in [0, 0.05) is 31.1 Å². The first kappa shape index (κ1) is 20.3. The lowest BCUT2D eigenvalue weighted by molar-refractivity contribution is -0.184. The number of rotatable bonds is 4. The number of hydrogen-bond acceptors (Lipinski definition) is 6. The molecule has 3 aromatic rings. The number of Topliss-reactive ketones (excluding diaryl/α,β-unsaturated/α-hetero) is 1. The molecule has 4 N–H and O–H groups in total. The van der Waals surface area contributed by atoms with Crippen LogP contribution in [0.1, 0.15) is 46.7 Å². The zero-order chi connectivity index (χ0) is 21.5. The molecule has 3 atom stereocenters. The maximum atomic E-state index is 13.3. The molecule has 0 amide bonds. The predicted octanol–water partition coefficient (Wildman–Crippen LogP) is 4.00. The number of fused-ring (bicyclic) bond motifs is 1. The summed E-state index contributed by atoms with van der Waals surface area (Å²) in [7, 11) is 0. The van der Waals surface area contributed by atoms with E-state index >= 15 is 0 Å². The van der Waals surface area contributed by atoms with Crippen LogP contribution in [0.4, 0.5) is 19.1 Å². The van der Waals surface area contributed by atoms with Crippen LogP contribution in [0.3, 0.4) is 0 Å². The van der Waals surface area contributed by atoms with Gasteiger partial charge in [0.15, 0.2) is 11.4 Å². The molecule has 158 valence electrons. The first-order valence-electron chi connectivity index (χ1n) is 9.65. The van der Waals surface area contributed by atoms with Crippen molar-refractivity contribution in [3.8, 4) is 0 Å². The summed E-state index contributed by atoms with van der Waals surface area (Å²) >= 11 is 0. The van der Waals surface area contributed by atoms with Crippen LogP contribution in [0, 0.1) is 5.92 Å². The minimum Gasteiger partial charge on any atom is -0.438 e. The molecule has 4 rings (SSSR count). The van der Waals surface area contributed by atoms with Crippen molar-refractivity contribution in [2.45, 2.75) is 43.8 Å². The third-order valence-electron chi connectivity index (χ3n) is 5.69. The van der Waals surface area contributed by atoms with Crippen LogP contribution in [0.5, 0.6) is 0 Å². The van der Waals surface area contributed by atoms with Crippen molar-refractivity contribution < 1.29 is 22.4 Å². The Labute approximate surface area is 170 Å². The van der Waals surface area contributed by atoms with E-state index in [-0.39, 0.29) is 36.5 Å². The summed E-state index contributed by atoms with van der Waals surface area (Å²) in [5, 5.41) is 0. The van der Waals surface area contributed by atoms with Crippen LogP contribution in [-0.2, 0) is 6.42 Å². The standard InChI is InChI=1S/C21H21F3N4O2/c22-21(23,24)13-6-11(7-14(25)9-13)15-3-5-27-10-12(15)8-16(29)18-19-17(30-20(18)26)2-1-4-28-19/h1-5,10-11,13-14H,6-9,25-26H2/t11-,13+,14-/m1/s1. The zero-order valence-electron chi connectivity index (χ0n) is 16.0. The smallest absolute Gasteiger partial charge is 0.391 e. The van der Waals surface area contributed by atoms with Gasteiger partial charge < -0.3 is 15.9 Å². The molecular weight excluding hydrogens is 397 g/mol. The Morgan fingerprint density at radius 3 is 2.77 bits per heavy atom. The molecule has 0 aromatic carbocycles. The van der Waals surface area contributed by atoms with E-state index < -0.39 is 24.1 Å². The fourth-order valence-corrected chi connectivity index (χ4v) is 4.35. The number of anilines is 1. The topological polar surface area (TPSA) is 108 Å². The molecule has 9 heteroatoms. The number of aromatic nitrogens is 2. The Morgan fingerprint density at radius 1 is 1.20 bits per heavy atom. The summed E-state index contributed by atoms with van der Waals surface area (Å²) < 4.78 is 45.4. The van der Waals surface area contributed by atoms with Gasteiger partial charge in [0.2, 0.25) is 5.88 Å². The Bertz CT molecular complexity index is 1080. The molecule has 30 heavy (non-hydrogen) atoms. The summed E-state index contributed by atoms with van der Waals surface area (Å²) in [4.78, 5) is 21.3. The summed E-state index contributed by atoms with van der Waals surface area (Å²) in [6.45, 7) is 0. The van der Waals surface area contributed by atoms with Crippen molar-refractivity contribution in [3.05, 3.63) is 53.5 Å². The molecule has 0 radical (unpaired) electrons. The van der Waals surface area contributed by atoms with Crippen molar-refractivity contribution in [1.29, 1.82) is 0 Å². The van der Waals surface area contributed by atoms with Gasteiger partial charge in [-0.15, -0.1) is 0 Å². The quantitative estimate of drug-likeness (QED) is 0.620. The number of furan rings is 1. The highest BCUT2D eigenvalue weighted by molar-refractivity contribution is 6.10. The van der Waals surface area contributed by atoms with E-state index in [0.717, 1.165) is 0 Å². The number of nitrogens with two attached hydrogens (primary N) is 2. The van der Waals surface area contributed by atoms with E-state index in [1.54, 1.807) is 18.2 Å². The second kappa shape index (κ2) is 7.71. The lowest BCUT2D eigenvalue weighted by Crippen LogP contribution is -2.38. The zero-order valence-corrected chi connectivity index (χ0v) is 16.0. The monoisotopic (exact) mass is 418 g/mol. The van der Waals surface area contributed by atoms with E-state index in [1.807, 2.05) is 0 Å². The molecule has 0 unspecified atom stereocenters. The van der Waals surface area contributed by atoms with E-state index in [0.29, 0.717) is 28.6 Å². The molecule has 1 saturated carbocycles. The highest BCUT2D eigenvalue weighted by Crippen LogP contribution is 2.44. The molecule has 1 aliphatic carbocycles. The molecule has 0 aliphatic heterocycles. The van der Waals surface area contributed by atoms with Gasteiger partial charge in [-0.2, -0.15) is 13.2 Å². The fourth-order valence-electron chi connectivity index (χ4n) is 4.35. The van der Waals surface area contributed by atoms with Crippen molar-refractivity contribution in [1.82, 2.24) is 9.97 Å². The maximum absolute atomic E-state index is 13.3. The molecule has 0 spiro atoms. The van der Waals surface area contributed by atoms with Gasteiger partial charge in [0.1, 0.15) is 11.1 Å². The van der Waals surface area contributed by atoms with E-state index in [1.165, 1.54) is 18.6 Å². The first-order chi connectivity index (χ1) is 14.2. The van der Waals surface area contributed by atoms with Gasteiger partial charge >= 0.3 is 6.18 Å². The van der Waals surface area contributed by atoms with Gasteiger partial charge in [-0.3, -0.25) is 14.8 Å². The minimum absolute atomic E-state index is 0.0315. The molecule has 3 aromatic heterocycles. The molecule has 0 bridgehead atoms. The molecule has 0 saturated heterocycles. The molecule has 1 fully saturated rings. The number of carbonyl (C=O) groups excluding carboxylic acids is 1. The molecule has 1 aliphatic rings. The fraction of sp³-hybridized carbons (Fsp3) is 0.381. The van der Waals surface area contributed by atoms with Gasteiger partial charge in [-0.1, -0.05) is 0 Å². The second-order valence-electron chi connectivity index (χ2n) is 7.77. The van der Waals surface area contributed by atoms with Gasteiger partial charge in [-0.25, -0.2) is 0 Å². The molecule has 3 heterocycles. The number of alkyl halides is 3. The predicted molar refractivity (Wildman–Crippen MR) is 105 cm³/mol. The number of hydrogen-bond donors (Lipinski definition) is 2. The number of halogens is 3. The van der Waals surface area contributed by atoms with Crippen molar-refractivity contribution in [3.63, 3.8) is 0 Å². The van der Waals surface area contributed by atoms with E-state index in [9.17, 15) is 18.0 Å². The van der Waals surface area contributed by atoms with Crippen molar-refractivity contribution >= 4 is 22.8 Å². The molecule has 6 nitrogen and oxygen atoms in total. The summed E-state index contributed by atoms with van der Waals surface area (Å²) in [5.41, 5.74) is 14.0. The number of nitrogen functional groups attached to an aromatic ring is 1. The van der Waals surface area contributed by atoms with Crippen LogP contribution >= 0.6 is 0 Å². The van der Waals surface area contributed by atoms with Crippen LogP contribution < -0.4 is 11.5 Å². The van der Waals surface area contributed by atoms with E-state index in [4.69, 9.17) is 15.9 Å². The van der Waals surface area contributed by atoms with Gasteiger partial charge in [0.05, 0.1) is 5.92 Å². The lowest BCUT2D eigenvalue weighted by atomic mass is 9.74. The van der Waals surface area contributed by atoms with Crippen LogP contribution in [0.25, 0.3) is 11.1 Å². The average molecular weight is 418 g/mol. The van der Waals surface area contributed by atoms with Crippen LogP contribution in [0.2, 0.25) is 0 Å². The Balaban J connectivity index is 1.64. The largest absolute Gasteiger partial charge is 0.438 e. The van der Waals surface area contributed by atoms with Crippen LogP contribution in [-0.4, -0.2) is 28.0 Å². The van der Waals surface area contributed by atoms with Crippen molar-refractivity contribution in [2.24, 2.45) is 11.7 Å². The molecular formula is C21H21F3N4O2. The van der Waals surface area contributed by atoms with Crippen LogP contribution in [0.15, 0.2) is 41.2 Å². The summed E-state index contributed by atoms with van der Waals surface area (Å²) in [6, 6.07) is 4.45. The third kappa shape index (κ3) is 3.89.